The van der Waals surface area contributed by atoms with Crippen LogP contribution < -0.4 is 15.0 Å². The number of carbonyl (C=O) groups is 1. The van der Waals surface area contributed by atoms with Crippen molar-refractivity contribution in [3.8, 4) is 28.7 Å². The Morgan fingerprint density at radius 3 is 2.33 bits per heavy atom. The molecule has 0 bridgehead atoms. The normalized spacial score (nSPS) is 14.0. The van der Waals surface area contributed by atoms with E-state index in [2.05, 4.69) is 32.4 Å². The lowest BCUT2D eigenvalue weighted by atomic mass is 10.1. The van der Waals surface area contributed by atoms with Crippen molar-refractivity contribution in [2.75, 3.05) is 44.7 Å². The number of anilines is 1. The Kier molecular flexibility index (Phi) is 8.57. The maximum absolute atomic E-state index is 12.7. The number of nitro groups is 1. The molecule has 0 aliphatic carbocycles. The number of benzene rings is 3. The number of piperazine rings is 1. The van der Waals surface area contributed by atoms with Crippen molar-refractivity contribution in [2.45, 2.75) is 12.7 Å². The lowest BCUT2D eigenvalue weighted by molar-refractivity contribution is -0.385. The average molecular weight is 597 g/mol. The predicted octanol–water partition coefficient (Wildman–Crippen LogP) is 4.78. The molecule has 14 heteroatoms. The fraction of sp³-hybridized carbons (Fsp3) is 0.276. The molecule has 5 rings (SSSR count). The van der Waals surface area contributed by atoms with Crippen molar-refractivity contribution in [3.63, 3.8) is 0 Å². The molecule has 3 aromatic carbocycles. The summed E-state index contributed by atoms with van der Waals surface area (Å²) in [6.45, 7) is 3.12. The van der Waals surface area contributed by atoms with Gasteiger partial charge in [0.15, 0.2) is 12.4 Å². The van der Waals surface area contributed by atoms with E-state index in [-0.39, 0.29) is 24.1 Å². The first-order valence-electron chi connectivity index (χ1n) is 13.3. The van der Waals surface area contributed by atoms with Crippen molar-refractivity contribution in [2.24, 2.45) is 0 Å². The Morgan fingerprint density at radius 1 is 1.00 bits per heavy atom. The number of nitrogens with one attached hydrogen (secondary N) is 1. The van der Waals surface area contributed by atoms with Crippen LogP contribution in [-0.2, 0) is 17.5 Å². The summed E-state index contributed by atoms with van der Waals surface area (Å²) in [6.07, 6.45) is -4.46. The van der Waals surface area contributed by atoms with Gasteiger partial charge in [0.05, 0.1) is 10.5 Å². The van der Waals surface area contributed by atoms with Gasteiger partial charge in [0, 0.05) is 55.6 Å². The zero-order valence-electron chi connectivity index (χ0n) is 23.0. The molecule has 43 heavy (non-hydrogen) atoms. The van der Waals surface area contributed by atoms with Gasteiger partial charge >= 0.3 is 11.9 Å². The molecule has 0 saturated carbocycles. The van der Waals surface area contributed by atoms with E-state index < -0.39 is 34.9 Å². The molecular formula is C29H27F3N6O5. The summed E-state index contributed by atoms with van der Waals surface area (Å²) in [7, 11) is 2.09. The molecule has 1 saturated heterocycles. The topological polar surface area (TPSA) is 127 Å². The average Bonchev–Trinajstić information content (AvgIpc) is 3.50. The van der Waals surface area contributed by atoms with Crippen molar-refractivity contribution < 1.29 is 32.0 Å². The molecular weight excluding hydrogens is 569 g/mol. The highest BCUT2D eigenvalue weighted by molar-refractivity contribution is 5.77. The molecule has 1 aliphatic rings. The van der Waals surface area contributed by atoms with Gasteiger partial charge in [-0.2, -0.15) is 13.2 Å². The molecule has 4 aromatic rings. The lowest BCUT2D eigenvalue weighted by Gasteiger charge is -2.34. The zero-order chi connectivity index (χ0) is 30.6. The number of carbonyl (C=O) groups excluding carboxylic acids is 1. The van der Waals surface area contributed by atoms with Crippen molar-refractivity contribution in [3.05, 3.63) is 88.0 Å². The van der Waals surface area contributed by atoms with Gasteiger partial charge in [-0.15, -0.1) is 10.2 Å². The van der Waals surface area contributed by atoms with E-state index >= 15 is 0 Å². The molecule has 1 aliphatic heterocycles. The van der Waals surface area contributed by atoms with Crippen LogP contribution >= 0.6 is 0 Å². The van der Waals surface area contributed by atoms with Gasteiger partial charge in [-0.25, -0.2) is 0 Å². The number of likely N-dealkylation sites (N-methyl/N-ethyl adjacent to an activating group) is 1. The first-order chi connectivity index (χ1) is 20.6. The second-order valence-electron chi connectivity index (χ2n) is 9.95. The maximum Gasteiger partial charge on any atom is 0.416 e. The van der Waals surface area contributed by atoms with E-state index in [9.17, 15) is 28.1 Å². The third kappa shape index (κ3) is 7.27. The van der Waals surface area contributed by atoms with Gasteiger partial charge < -0.3 is 24.3 Å². The van der Waals surface area contributed by atoms with E-state index in [0.29, 0.717) is 16.7 Å². The summed E-state index contributed by atoms with van der Waals surface area (Å²) in [5.74, 6) is -0.431. The first kappa shape index (κ1) is 29.5. The number of hydrogen-bond acceptors (Lipinski definition) is 9. The standard InChI is InChI=1S/C29H27F3N6O5/c1-36-11-13-37(14-12-36)23-4-2-3-20(15-23)27-34-35-28(43-27)21-7-10-25(24(16-21)38(40)41)42-18-26(39)33-17-19-5-8-22(9-6-19)29(30,31)32/h2-10,15-16H,11-14,17-18H2,1H3,(H,33,39). The van der Waals surface area contributed by atoms with Gasteiger partial charge in [-0.05, 0) is 55.1 Å². The summed E-state index contributed by atoms with van der Waals surface area (Å²) in [5, 5.41) is 22.5. The predicted molar refractivity (Wildman–Crippen MR) is 150 cm³/mol. The van der Waals surface area contributed by atoms with Gasteiger partial charge in [0.1, 0.15) is 0 Å². The summed E-state index contributed by atoms with van der Waals surface area (Å²) in [6, 6.07) is 16.1. The van der Waals surface area contributed by atoms with Crippen LogP contribution in [0.5, 0.6) is 5.75 Å². The molecule has 1 N–H and O–H groups in total. The van der Waals surface area contributed by atoms with Crippen LogP contribution in [-0.4, -0.2) is 65.8 Å². The molecule has 1 amide bonds. The quantitative estimate of drug-likeness (QED) is 0.215. The Balaban J connectivity index is 1.22. The molecule has 11 nitrogen and oxygen atoms in total. The van der Waals surface area contributed by atoms with Gasteiger partial charge in [-0.3, -0.25) is 14.9 Å². The number of rotatable bonds is 9. The number of nitro benzene ring substituents is 1. The van der Waals surface area contributed by atoms with Crippen LogP contribution in [0, 0.1) is 10.1 Å². The van der Waals surface area contributed by atoms with E-state index in [1.165, 1.54) is 30.3 Å². The second-order valence-corrected chi connectivity index (χ2v) is 9.95. The third-order valence-electron chi connectivity index (χ3n) is 6.92. The second kappa shape index (κ2) is 12.5. The smallest absolute Gasteiger partial charge is 0.416 e. The number of nitrogens with zero attached hydrogens (tertiary/aromatic N) is 5. The number of ether oxygens (including phenoxy) is 1. The van der Waals surface area contributed by atoms with E-state index in [1.54, 1.807) is 0 Å². The maximum atomic E-state index is 12.7. The molecule has 224 valence electrons. The third-order valence-corrected chi connectivity index (χ3v) is 6.92. The Labute approximate surface area is 244 Å². The molecule has 2 heterocycles. The van der Waals surface area contributed by atoms with E-state index in [4.69, 9.17) is 9.15 Å². The minimum atomic E-state index is -4.46. The molecule has 0 atom stereocenters. The van der Waals surface area contributed by atoms with Crippen LogP contribution in [0.2, 0.25) is 0 Å². The Bertz CT molecular complexity index is 1600. The summed E-state index contributed by atoms with van der Waals surface area (Å²) < 4.78 is 49.4. The number of halogens is 3. The lowest BCUT2D eigenvalue weighted by Crippen LogP contribution is -2.44. The number of hydrogen-bond donors (Lipinski definition) is 1. The van der Waals surface area contributed by atoms with Crippen LogP contribution in [0.3, 0.4) is 0 Å². The molecule has 0 unspecified atom stereocenters. The largest absolute Gasteiger partial charge is 0.477 e. The summed E-state index contributed by atoms with van der Waals surface area (Å²) in [4.78, 5) is 27.9. The highest BCUT2D eigenvalue weighted by atomic mass is 19.4. The number of aromatic nitrogens is 2. The number of alkyl halides is 3. The van der Waals surface area contributed by atoms with Gasteiger partial charge in [-0.1, -0.05) is 18.2 Å². The Hall–Kier alpha value is -4.98. The SMILES string of the molecule is CN1CCN(c2cccc(-c3nnc(-c4ccc(OCC(=O)NCc5ccc(C(F)(F)F)cc5)c([N+](=O)[O-])c4)o3)c2)CC1. The van der Waals surface area contributed by atoms with E-state index in [1.807, 2.05) is 24.3 Å². The molecule has 1 fully saturated rings. The highest BCUT2D eigenvalue weighted by Gasteiger charge is 2.30. The van der Waals surface area contributed by atoms with Crippen LogP contribution in [0.1, 0.15) is 11.1 Å². The highest BCUT2D eigenvalue weighted by Crippen LogP contribution is 2.34. The summed E-state index contributed by atoms with van der Waals surface area (Å²) in [5.41, 5.74) is 1.28. The van der Waals surface area contributed by atoms with Gasteiger partial charge in [0.2, 0.25) is 11.8 Å². The van der Waals surface area contributed by atoms with E-state index in [0.717, 1.165) is 44.0 Å². The first-order valence-corrected chi connectivity index (χ1v) is 13.3. The van der Waals surface area contributed by atoms with Crippen molar-refractivity contribution in [1.82, 2.24) is 20.4 Å². The van der Waals surface area contributed by atoms with Gasteiger partial charge in [0.25, 0.3) is 5.91 Å². The molecule has 1 aromatic heterocycles. The monoisotopic (exact) mass is 596 g/mol. The fourth-order valence-corrected chi connectivity index (χ4v) is 4.48. The van der Waals surface area contributed by atoms with Crippen molar-refractivity contribution >= 4 is 17.3 Å². The number of amides is 1. The molecule has 0 spiro atoms. The minimum Gasteiger partial charge on any atom is -0.477 e. The minimum absolute atomic E-state index is 0.0425. The zero-order valence-corrected chi connectivity index (χ0v) is 23.0. The van der Waals surface area contributed by atoms with Crippen LogP contribution in [0.15, 0.2) is 71.1 Å². The fourth-order valence-electron chi connectivity index (χ4n) is 4.48. The van der Waals surface area contributed by atoms with Crippen molar-refractivity contribution in [1.29, 1.82) is 0 Å². The molecule has 0 radical (unpaired) electrons. The Morgan fingerprint density at radius 2 is 1.67 bits per heavy atom. The van der Waals surface area contributed by atoms with Crippen LogP contribution in [0.4, 0.5) is 24.5 Å². The van der Waals surface area contributed by atoms with Crippen LogP contribution in [0.25, 0.3) is 22.9 Å². The summed E-state index contributed by atoms with van der Waals surface area (Å²) >= 11 is 0.